The van der Waals surface area contributed by atoms with E-state index in [0.29, 0.717) is 5.56 Å². The van der Waals surface area contributed by atoms with Crippen molar-refractivity contribution in [3.8, 4) is 0 Å². The van der Waals surface area contributed by atoms with E-state index in [2.05, 4.69) is 0 Å². The first-order valence-corrected chi connectivity index (χ1v) is 5.90. The first kappa shape index (κ1) is 12.5. The first-order chi connectivity index (χ1) is 8.58. The van der Waals surface area contributed by atoms with E-state index in [4.69, 9.17) is 0 Å². The quantitative estimate of drug-likeness (QED) is 0.798. The number of ketones is 1. The van der Waals surface area contributed by atoms with Crippen LogP contribution in [0.1, 0.15) is 29.5 Å². The molecule has 2 rings (SSSR count). The van der Waals surface area contributed by atoms with Crippen molar-refractivity contribution in [2.24, 2.45) is 0 Å². The van der Waals surface area contributed by atoms with Crippen LogP contribution in [0.2, 0.25) is 0 Å². The minimum absolute atomic E-state index is 0.0180. The molecule has 0 saturated heterocycles. The third-order valence-electron chi connectivity index (χ3n) is 3.00. The maximum atomic E-state index is 13.3. The van der Waals surface area contributed by atoms with E-state index in [0.717, 1.165) is 11.1 Å². The van der Waals surface area contributed by atoms with E-state index in [1.165, 1.54) is 19.1 Å². The Balaban J connectivity index is 2.46. The van der Waals surface area contributed by atoms with E-state index in [1.54, 1.807) is 12.1 Å². The Morgan fingerprint density at radius 3 is 2.28 bits per heavy atom. The minimum Gasteiger partial charge on any atom is -0.299 e. The van der Waals surface area contributed by atoms with Crippen molar-refractivity contribution in [1.29, 1.82) is 0 Å². The second-order valence-electron chi connectivity index (χ2n) is 4.51. The maximum absolute atomic E-state index is 13.3. The van der Waals surface area contributed by atoms with E-state index < -0.39 is 0 Å². The molecule has 18 heavy (non-hydrogen) atoms. The summed E-state index contributed by atoms with van der Waals surface area (Å²) in [6, 6.07) is 14.0. The highest BCUT2D eigenvalue weighted by molar-refractivity contribution is 5.86. The maximum Gasteiger partial charge on any atom is 0.141 e. The van der Waals surface area contributed by atoms with Crippen molar-refractivity contribution in [3.63, 3.8) is 0 Å². The van der Waals surface area contributed by atoms with Gasteiger partial charge in [0.25, 0.3) is 0 Å². The zero-order chi connectivity index (χ0) is 13.1. The van der Waals surface area contributed by atoms with Crippen LogP contribution in [-0.2, 0) is 4.79 Å². The minimum atomic E-state index is -0.388. The standard InChI is InChI=1S/C16H15FO/c1-11-6-8-13(9-7-11)16(12(2)18)14-4-3-5-15(17)10-14/h3-10,16H,1-2H3. The van der Waals surface area contributed by atoms with Gasteiger partial charge in [-0.25, -0.2) is 4.39 Å². The Morgan fingerprint density at radius 2 is 1.72 bits per heavy atom. The summed E-state index contributed by atoms with van der Waals surface area (Å²) >= 11 is 0. The fourth-order valence-corrected chi connectivity index (χ4v) is 2.11. The summed E-state index contributed by atoms with van der Waals surface area (Å²) in [4.78, 5) is 11.8. The molecule has 0 amide bonds. The predicted octanol–water partition coefficient (Wildman–Crippen LogP) is 3.86. The molecule has 2 aromatic rings. The lowest BCUT2D eigenvalue weighted by atomic mass is 9.88. The van der Waals surface area contributed by atoms with Gasteiger partial charge in [0.05, 0.1) is 5.92 Å². The molecule has 0 aliphatic heterocycles. The lowest BCUT2D eigenvalue weighted by Crippen LogP contribution is -2.10. The summed E-state index contributed by atoms with van der Waals surface area (Å²) in [5.74, 6) is -0.684. The molecule has 0 saturated carbocycles. The normalized spacial score (nSPS) is 12.2. The second kappa shape index (κ2) is 5.13. The fraction of sp³-hybridized carbons (Fsp3) is 0.188. The molecule has 0 spiro atoms. The van der Waals surface area contributed by atoms with Gasteiger partial charge in [-0.1, -0.05) is 42.0 Å². The molecule has 1 nitrogen and oxygen atoms in total. The van der Waals surface area contributed by atoms with Crippen molar-refractivity contribution >= 4 is 5.78 Å². The smallest absolute Gasteiger partial charge is 0.141 e. The molecule has 0 aliphatic rings. The highest BCUT2D eigenvalue weighted by atomic mass is 19.1. The van der Waals surface area contributed by atoms with Gasteiger partial charge in [0, 0.05) is 0 Å². The molecule has 0 aliphatic carbocycles. The molecule has 0 heterocycles. The molecule has 92 valence electrons. The van der Waals surface area contributed by atoms with E-state index in [-0.39, 0.29) is 17.5 Å². The van der Waals surface area contributed by atoms with Gasteiger partial charge in [0.1, 0.15) is 11.6 Å². The fourth-order valence-electron chi connectivity index (χ4n) is 2.11. The third-order valence-corrected chi connectivity index (χ3v) is 3.00. The Bertz CT molecular complexity index is 558. The number of benzene rings is 2. The average molecular weight is 242 g/mol. The van der Waals surface area contributed by atoms with Crippen LogP contribution in [0.4, 0.5) is 4.39 Å². The number of Topliss-reactive ketones (excluding diaryl/α,β-unsaturated/α-hetero) is 1. The molecule has 1 atom stereocenters. The summed E-state index contributed by atoms with van der Waals surface area (Å²) in [5, 5.41) is 0. The van der Waals surface area contributed by atoms with E-state index in [9.17, 15) is 9.18 Å². The Labute approximate surface area is 106 Å². The van der Waals surface area contributed by atoms with E-state index >= 15 is 0 Å². The van der Waals surface area contributed by atoms with Crippen molar-refractivity contribution < 1.29 is 9.18 Å². The van der Waals surface area contributed by atoms with Crippen LogP contribution in [0.15, 0.2) is 48.5 Å². The van der Waals surface area contributed by atoms with Crippen molar-refractivity contribution in [3.05, 3.63) is 71.0 Å². The zero-order valence-corrected chi connectivity index (χ0v) is 10.5. The van der Waals surface area contributed by atoms with Crippen molar-refractivity contribution in [2.45, 2.75) is 19.8 Å². The zero-order valence-electron chi connectivity index (χ0n) is 10.5. The summed E-state index contributed by atoms with van der Waals surface area (Å²) in [6.07, 6.45) is 0. The van der Waals surface area contributed by atoms with Gasteiger partial charge in [-0.3, -0.25) is 4.79 Å². The number of halogens is 1. The number of hydrogen-bond donors (Lipinski definition) is 0. The average Bonchev–Trinajstić information content (AvgIpc) is 2.32. The molecule has 0 bridgehead atoms. The number of carbonyl (C=O) groups is 1. The molecule has 0 N–H and O–H groups in total. The molecule has 0 radical (unpaired) electrons. The van der Waals surface area contributed by atoms with Crippen LogP contribution < -0.4 is 0 Å². The third kappa shape index (κ3) is 2.65. The second-order valence-corrected chi connectivity index (χ2v) is 4.51. The lowest BCUT2D eigenvalue weighted by molar-refractivity contribution is -0.117. The topological polar surface area (TPSA) is 17.1 Å². The number of rotatable bonds is 3. The highest BCUT2D eigenvalue weighted by Gasteiger charge is 2.19. The van der Waals surface area contributed by atoms with Crippen LogP contribution in [0.5, 0.6) is 0 Å². The van der Waals surface area contributed by atoms with Crippen LogP contribution in [0.3, 0.4) is 0 Å². The molecule has 2 heteroatoms. The van der Waals surface area contributed by atoms with Gasteiger partial charge >= 0.3 is 0 Å². The van der Waals surface area contributed by atoms with Gasteiger partial charge < -0.3 is 0 Å². The monoisotopic (exact) mass is 242 g/mol. The van der Waals surface area contributed by atoms with Gasteiger partial charge in [-0.2, -0.15) is 0 Å². The molecule has 1 unspecified atom stereocenters. The Morgan fingerprint density at radius 1 is 1.06 bits per heavy atom. The van der Waals surface area contributed by atoms with Crippen LogP contribution in [0.25, 0.3) is 0 Å². The largest absolute Gasteiger partial charge is 0.299 e. The summed E-state index contributed by atoms with van der Waals surface area (Å²) < 4.78 is 13.3. The van der Waals surface area contributed by atoms with Gasteiger partial charge in [-0.05, 0) is 37.1 Å². The van der Waals surface area contributed by atoms with E-state index in [1.807, 2.05) is 31.2 Å². The molecular weight excluding hydrogens is 227 g/mol. The van der Waals surface area contributed by atoms with Crippen molar-refractivity contribution in [1.82, 2.24) is 0 Å². The summed E-state index contributed by atoms with van der Waals surface area (Å²) in [7, 11) is 0. The summed E-state index contributed by atoms with van der Waals surface area (Å²) in [6.45, 7) is 3.53. The lowest BCUT2D eigenvalue weighted by Gasteiger charge is -2.15. The molecule has 0 fully saturated rings. The Hall–Kier alpha value is -1.96. The SMILES string of the molecule is CC(=O)C(c1ccc(C)cc1)c1cccc(F)c1. The predicted molar refractivity (Wildman–Crippen MR) is 70.1 cm³/mol. The van der Waals surface area contributed by atoms with Gasteiger partial charge in [0.15, 0.2) is 0 Å². The first-order valence-electron chi connectivity index (χ1n) is 5.90. The highest BCUT2D eigenvalue weighted by Crippen LogP contribution is 2.26. The van der Waals surface area contributed by atoms with Gasteiger partial charge in [-0.15, -0.1) is 0 Å². The molecule has 0 aromatic heterocycles. The molecular formula is C16H15FO. The number of aryl methyl sites for hydroxylation is 1. The van der Waals surface area contributed by atoms with Crippen LogP contribution in [0, 0.1) is 12.7 Å². The summed E-state index contributed by atoms with van der Waals surface area (Å²) in [5.41, 5.74) is 2.74. The van der Waals surface area contributed by atoms with Crippen LogP contribution >= 0.6 is 0 Å². The molecule has 2 aromatic carbocycles. The number of carbonyl (C=O) groups excluding carboxylic acids is 1. The van der Waals surface area contributed by atoms with Crippen LogP contribution in [-0.4, -0.2) is 5.78 Å². The Kier molecular flexibility index (Phi) is 3.56. The van der Waals surface area contributed by atoms with Gasteiger partial charge in [0.2, 0.25) is 0 Å². The number of hydrogen-bond acceptors (Lipinski definition) is 1. The van der Waals surface area contributed by atoms with Crippen molar-refractivity contribution in [2.75, 3.05) is 0 Å².